The zero-order valence-corrected chi connectivity index (χ0v) is 6.79. The molecule has 4 heteroatoms. The third-order valence-electron chi connectivity index (χ3n) is 0.794. The molecule has 0 radical (unpaired) electrons. The van der Waals surface area contributed by atoms with Gasteiger partial charge in [0.15, 0.2) is 0 Å². The molecular weight excluding hydrogens is 155 g/mol. The molecule has 0 rings (SSSR count). The van der Waals surface area contributed by atoms with E-state index in [-0.39, 0.29) is 0 Å². The summed E-state index contributed by atoms with van der Waals surface area (Å²) in [4.78, 5) is 0. The molecule has 1 N–H and O–H groups in total. The molecule has 0 amide bonds. The van der Waals surface area contributed by atoms with Gasteiger partial charge in [-0.2, -0.15) is 13.2 Å². The van der Waals surface area contributed by atoms with Crippen molar-refractivity contribution in [3.63, 3.8) is 0 Å². The molecule has 0 aromatic heterocycles. The van der Waals surface area contributed by atoms with E-state index < -0.39 is 11.7 Å². The van der Waals surface area contributed by atoms with Crippen LogP contribution in [0.15, 0.2) is 11.6 Å². The van der Waals surface area contributed by atoms with Crippen molar-refractivity contribution in [2.24, 2.45) is 0 Å². The number of rotatable bonds is 1. The summed E-state index contributed by atoms with van der Waals surface area (Å²) in [7, 11) is 0. The third-order valence-corrected chi connectivity index (χ3v) is 0.794. The van der Waals surface area contributed by atoms with E-state index in [1.54, 1.807) is 0 Å². The maximum absolute atomic E-state index is 11.5. The second kappa shape index (κ2) is 5.95. The number of hydrogen-bond acceptors (Lipinski definition) is 1. The third kappa shape index (κ3) is 5.63. The normalized spacial score (nSPS) is 11.6. The Morgan fingerprint density at radius 2 is 1.64 bits per heavy atom. The Morgan fingerprint density at radius 1 is 1.27 bits per heavy atom. The number of alkyl halides is 3. The van der Waals surface area contributed by atoms with Crippen LogP contribution in [0.4, 0.5) is 13.2 Å². The van der Waals surface area contributed by atoms with Gasteiger partial charge in [0, 0.05) is 6.21 Å². The van der Waals surface area contributed by atoms with Gasteiger partial charge >= 0.3 is 6.18 Å². The Kier molecular flexibility index (Phi) is 6.94. The van der Waals surface area contributed by atoms with E-state index >= 15 is 0 Å². The van der Waals surface area contributed by atoms with Crippen LogP contribution in [0.1, 0.15) is 20.8 Å². The van der Waals surface area contributed by atoms with Crippen LogP contribution in [0.2, 0.25) is 0 Å². The first-order valence-corrected chi connectivity index (χ1v) is 3.26. The van der Waals surface area contributed by atoms with Crippen LogP contribution in [-0.2, 0) is 0 Å². The molecule has 0 bridgehead atoms. The summed E-state index contributed by atoms with van der Waals surface area (Å²) in [5, 5.41) is 6.30. The molecule has 0 aliphatic carbocycles. The van der Waals surface area contributed by atoms with Crippen molar-refractivity contribution in [2.45, 2.75) is 26.9 Å². The molecule has 0 spiro atoms. The van der Waals surface area contributed by atoms with Crippen LogP contribution < -0.4 is 0 Å². The maximum Gasteiger partial charge on any atom is 0.417 e. The number of halogens is 3. The molecule has 0 unspecified atom stereocenters. The van der Waals surface area contributed by atoms with E-state index in [9.17, 15) is 13.2 Å². The predicted molar refractivity (Wildman–Crippen MR) is 39.9 cm³/mol. The Bertz CT molecular complexity index is 135. The van der Waals surface area contributed by atoms with Gasteiger partial charge in [0.1, 0.15) is 0 Å². The standard InChI is InChI=1S/C5H6F3N.C2H6/c1-2-4(3-9)5(6,7)8;1-2/h2-3,9H,1H3;1-2H3/b4-2+,9-3?;. The molecule has 66 valence electrons. The molecule has 0 saturated carbocycles. The maximum atomic E-state index is 11.5. The summed E-state index contributed by atoms with van der Waals surface area (Å²) in [5.74, 6) is 0. The largest absolute Gasteiger partial charge is 0.417 e. The summed E-state index contributed by atoms with van der Waals surface area (Å²) in [6, 6.07) is 0. The van der Waals surface area contributed by atoms with Crippen molar-refractivity contribution in [3.05, 3.63) is 11.6 Å². The quantitative estimate of drug-likeness (QED) is 0.580. The van der Waals surface area contributed by atoms with Gasteiger partial charge in [-0.05, 0) is 6.92 Å². The van der Waals surface area contributed by atoms with Crippen LogP contribution in [0.25, 0.3) is 0 Å². The fraction of sp³-hybridized carbons (Fsp3) is 0.571. The van der Waals surface area contributed by atoms with Crippen molar-refractivity contribution in [1.29, 1.82) is 5.41 Å². The molecule has 11 heavy (non-hydrogen) atoms. The van der Waals surface area contributed by atoms with E-state index in [0.717, 1.165) is 6.08 Å². The summed E-state index contributed by atoms with van der Waals surface area (Å²) in [6.07, 6.45) is -3.22. The SMILES string of the molecule is C/C=C(\C=N)C(F)(F)F.CC. The summed E-state index contributed by atoms with van der Waals surface area (Å²) < 4.78 is 34.5. The van der Waals surface area contributed by atoms with Gasteiger partial charge in [-0.1, -0.05) is 19.9 Å². The first kappa shape index (κ1) is 12.8. The molecule has 0 aromatic carbocycles. The van der Waals surface area contributed by atoms with E-state index in [2.05, 4.69) is 0 Å². The highest BCUT2D eigenvalue weighted by atomic mass is 19.4. The van der Waals surface area contributed by atoms with Gasteiger partial charge in [-0.15, -0.1) is 0 Å². The highest BCUT2D eigenvalue weighted by Crippen LogP contribution is 2.23. The van der Waals surface area contributed by atoms with Gasteiger partial charge in [0.25, 0.3) is 0 Å². The fourth-order valence-corrected chi connectivity index (χ4v) is 0.329. The lowest BCUT2D eigenvalue weighted by atomic mass is 10.3. The predicted octanol–water partition coefficient (Wildman–Crippen LogP) is 3.17. The van der Waals surface area contributed by atoms with Crippen LogP contribution >= 0.6 is 0 Å². The molecule has 0 aliphatic heterocycles. The second-order valence-electron chi connectivity index (χ2n) is 1.39. The minimum atomic E-state index is -4.36. The zero-order chi connectivity index (χ0) is 9.49. The van der Waals surface area contributed by atoms with Crippen molar-refractivity contribution < 1.29 is 13.2 Å². The van der Waals surface area contributed by atoms with E-state index in [4.69, 9.17) is 5.41 Å². The molecule has 0 fully saturated rings. The minimum Gasteiger partial charge on any atom is -0.308 e. The van der Waals surface area contributed by atoms with E-state index in [1.807, 2.05) is 13.8 Å². The fourth-order valence-electron chi connectivity index (χ4n) is 0.329. The van der Waals surface area contributed by atoms with Crippen LogP contribution in [0.5, 0.6) is 0 Å². The Hall–Kier alpha value is -0.800. The zero-order valence-electron chi connectivity index (χ0n) is 6.79. The topological polar surface area (TPSA) is 23.9 Å². The number of nitrogens with one attached hydrogen (secondary N) is 1. The van der Waals surface area contributed by atoms with Crippen molar-refractivity contribution in [3.8, 4) is 0 Å². The molecule has 0 saturated heterocycles. The molecular formula is C7H12F3N. The second-order valence-corrected chi connectivity index (χ2v) is 1.39. The first-order chi connectivity index (χ1) is 5.02. The highest BCUT2D eigenvalue weighted by Gasteiger charge is 2.30. The molecule has 0 heterocycles. The molecule has 0 aliphatic rings. The van der Waals surface area contributed by atoms with Crippen molar-refractivity contribution in [2.75, 3.05) is 0 Å². The molecule has 0 aromatic rings. The van der Waals surface area contributed by atoms with E-state index in [1.165, 1.54) is 6.92 Å². The van der Waals surface area contributed by atoms with Crippen molar-refractivity contribution in [1.82, 2.24) is 0 Å². The van der Waals surface area contributed by atoms with Crippen LogP contribution in [-0.4, -0.2) is 12.4 Å². The summed E-state index contributed by atoms with van der Waals surface area (Å²) in [5.41, 5.74) is -0.914. The number of allylic oxidation sites excluding steroid dienone is 2. The lowest BCUT2D eigenvalue weighted by Crippen LogP contribution is -2.11. The van der Waals surface area contributed by atoms with Gasteiger partial charge in [-0.25, -0.2) is 0 Å². The molecule has 1 nitrogen and oxygen atoms in total. The van der Waals surface area contributed by atoms with Crippen LogP contribution in [0.3, 0.4) is 0 Å². The Balaban J connectivity index is 0. The smallest absolute Gasteiger partial charge is 0.308 e. The summed E-state index contributed by atoms with van der Waals surface area (Å²) >= 11 is 0. The van der Waals surface area contributed by atoms with Gasteiger partial charge in [0.05, 0.1) is 5.57 Å². The Labute approximate surface area is 64.4 Å². The highest BCUT2D eigenvalue weighted by molar-refractivity contribution is 5.77. The van der Waals surface area contributed by atoms with E-state index in [0.29, 0.717) is 6.21 Å². The van der Waals surface area contributed by atoms with Gasteiger partial charge in [-0.3, -0.25) is 0 Å². The average Bonchev–Trinajstić information content (AvgIpc) is 1.92. The Morgan fingerprint density at radius 3 is 1.64 bits per heavy atom. The van der Waals surface area contributed by atoms with Gasteiger partial charge in [0.2, 0.25) is 0 Å². The van der Waals surface area contributed by atoms with Crippen LogP contribution in [0, 0.1) is 5.41 Å². The molecule has 0 atom stereocenters. The lowest BCUT2D eigenvalue weighted by Gasteiger charge is -2.03. The number of hydrogen-bond donors (Lipinski definition) is 1. The van der Waals surface area contributed by atoms with Crippen molar-refractivity contribution >= 4 is 6.21 Å². The lowest BCUT2D eigenvalue weighted by molar-refractivity contribution is -0.0857. The summed E-state index contributed by atoms with van der Waals surface area (Å²) in [6.45, 7) is 5.24. The minimum absolute atomic E-state index is 0.292. The average molecular weight is 167 g/mol. The van der Waals surface area contributed by atoms with Gasteiger partial charge < -0.3 is 5.41 Å². The monoisotopic (exact) mass is 167 g/mol. The first-order valence-electron chi connectivity index (χ1n) is 3.26.